The number of hydrogen-bond donors (Lipinski definition) is 1. The molecule has 0 amide bonds. The average molecular weight is 245 g/mol. The first-order valence-electron chi connectivity index (χ1n) is 6.21. The van der Waals surface area contributed by atoms with E-state index >= 15 is 0 Å². The fourth-order valence-corrected chi connectivity index (χ4v) is 2.68. The Kier molecular flexibility index (Phi) is 3.18. The largest absolute Gasteiger partial charge is 0.384 e. The molecule has 18 heavy (non-hydrogen) atoms. The molecule has 2 atom stereocenters. The number of nitrogens with zero attached hydrogens (tertiary/aromatic N) is 1. The molecule has 0 spiro atoms. The highest BCUT2D eigenvalue weighted by Crippen LogP contribution is 2.45. The maximum atomic E-state index is 10.9. The van der Waals surface area contributed by atoms with E-state index in [1.54, 1.807) is 6.92 Å². The van der Waals surface area contributed by atoms with Gasteiger partial charge >= 0.3 is 0 Å². The van der Waals surface area contributed by atoms with Crippen molar-refractivity contribution in [1.29, 1.82) is 5.26 Å². The van der Waals surface area contributed by atoms with Gasteiger partial charge in [-0.2, -0.15) is 5.26 Å². The predicted octanol–water partition coefficient (Wildman–Crippen LogP) is 2.44. The second kappa shape index (κ2) is 4.38. The number of hydrogen-bond acceptors (Lipinski definition) is 3. The molecule has 0 aliphatic carbocycles. The van der Waals surface area contributed by atoms with Gasteiger partial charge in [-0.1, -0.05) is 29.3 Å². The zero-order valence-corrected chi connectivity index (χ0v) is 11.2. The van der Waals surface area contributed by atoms with Crippen molar-refractivity contribution in [3.05, 3.63) is 34.9 Å². The Morgan fingerprint density at radius 2 is 1.94 bits per heavy atom. The first-order valence-corrected chi connectivity index (χ1v) is 6.21. The lowest BCUT2D eigenvalue weighted by Gasteiger charge is -2.37. The van der Waals surface area contributed by atoms with Gasteiger partial charge in [-0.05, 0) is 32.8 Å². The minimum atomic E-state index is -1.19. The molecular formula is C15H19NO2. The quantitative estimate of drug-likeness (QED) is 0.870. The van der Waals surface area contributed by atoms with Gasteiger partial charge in [0.2, 0.25) is 0 Å². The summed E-state index contributed by atoms with van der Waals surface area (Å²) in [7, 11) is 0. The predicted molar refractivity (Wildman–Crippen MR) is 69.0 cm³/mol. The van der Waals surface area contributed by atoms with Crippen LogP contribution in [0.2, 0.25) is 0 Å². The lowest BCUT2D eigenvalue weighted by molar-refractivity contribution is -0.0482. The van der Waals surface area contributed by atoms with Crippen LogP contribution in [0.5, 0.6) is 0 Å². The van der Waals surface area contributed by atoms with Crippen LogP contribution in [-0.4, -0.2) is 18.3 Å². The van der Waals surface area contributed by atoms with Crippen molar-refractivity contribution in [1.82, 2.24) is 0 Å². The highest BCUT2D eigenvalue weighted by molar-refractivity contribution is 5.35. The van der Waals surface area contributed by atoms with Crippen LogP contribution in [0.25, 0.3) is 0 Å². The normalized spacial score (nSPS) is 26.6. The number of rotatable bonds is 2. The molecule has 2 rings (SSSR count). The maximum Gasteiger partial charge on any atom is 0.115 e. The Labute approximate surface area is 108 Å². The standard InChI is InChI=1S/C15H19NO2/c1-11-6-12(2)8-13(7-11)14(3,17)15(9-16)4-5-18-10-15/h6-8,17H,4-5,10H2,1-3H3. The highest BCUT2D eigenvalue weighted by Gasteiger charge is 2.51. The Morgan fingerprint density at radius 3 is 2.39 bits per heavy atom. The Hall–Kier alpha value is -1.37. The first-order chi connectivity index (χ1) is 8.41. The summed E-state index contributed by atoms with van der Waals surface area (Å²) in [6.07, 6.45) is 0.573. The van der Waals surface area contributed by atoms with Gasteiger partial charge < -0.3 is 9.84 Å². The van der Waals surface area contributed by atoms with Crippen LogP contribution in [0.15, 0.2) is 18.2 Å². The van der Waals surface area contributed by atoms with Crippen molar-refractivity contribution >= 4 is 0 Å². The molecule has 0 saturated carbocycles. The molecule has 3 heteroatoms. The summed E-state index contributed by atoms with van der Waals surface area (Å²) in [6.45, 7) is 6.55. The van der Waals surface area contributed by atoms with Crippen LogP contribution >= 0.6 is 0 Å². The smallest absolute Gasteiger partial charge is 0.115 e. The van der Waals surface area contributed by atoms with Crippen LogP contribution in [0.3, 0.4) is 0 Å². The SMILES string of the molecule is Cc1cc(C)cc(C(C)(O)C2(C#N)CCOC2)c1. The summed E-state index contributed by atoms with van der Waals surface area (Å²) < 4.78 is 5.34. The second-order valence-corrected chi connectivity index (χ2v) is 5.45. The molecule has 1 saturated heterocycles. The summed E-state index contributed by atoms with van der Waals surface area (Å²) >= 11 is 0. The van der Waals surface area contributed by atoms with Crippen LogP contribution in [0, 0.1) is 30.6 Å². The Morgan fingerprint density at radius 1 is 1.33 bits per heavy atom. The zero-order valence-electron chi connectivity index (χ0n) is 11.2. The third-order valence-electron chi connectivity index (χ3n) is 3.95. The van der Waals surface area contributed by atoms with Gasteiger partial charge in [-0.25, -0.2) is 0 Å². The van der Waals surface area contributed by atoms with E-state index in [0.717, 1.165) is 16.7 Å². The molecule has 1 aromatic carbocycles. The van der Waals surface area contributed by atoms with Gasteiger partial charge in [0.25, 0.3) is 0 Å². The summed E-state index contributed by atoms with van der Waals surface area (Å²) in [5.41, 5.74) is 0.962. The van der Waals surface area contributed by atoms with Crippen LogP contribution in [-0.2, 0) is 10.3 Å². The molecule has 1 aliphatic heterocycles. The van der Waals surface area contributed by atoms with Crippen molar-refractivity contribution in [2.45, 2.75) is 32.8 Å². The monoisotopic (exact) mass is 245 g/mol. The molecule has 1 fully saturated rings. The molecule has 0 radical (unpaired) electrons. The molecule has 1 aliphatic rings. The van der Waals surface area contributed by atoms with Gasteiger partial charge in [-0.15, -0.1) is 0 Å². The minimum Gasteiger partial charge on any atom is -0.384 e. The summed E-state index contributed by atoms with van der Waals surface area (Å²) in [6, 6.07) is 8.24. The third kappa shape index (κ3) is 1.92. The van der Waals surface area contributed by atoms with Crippen molar-refractivity contribution < 1.29 is 9.84 Å². The molecule has 0 bridgehead atoms. The van der Waals surface area contributed by atoms with E-state index in [1.807, 2.05) is 26.0 Å². The fraction of sp³-hybridized carbons (Fsp3) is 0.533. The van der Waals surface area contributed by atoms with Gasteiger partial charge in [0, 0.05) is 6.61 Å². The van der Waals surface area contributed by atoms with Crippen molar-refractivity contribution in [2.24, 2.45) is 5.41 Å². The fourth-order valence-electron chi connectivity index (χ4n) is 2.68. The van der Waals surface area contributed by atoms with Crippen LogP contribution < -0.4 is 0 Å². The molecule has 1 heterocycles. The first kappa shape index (κ1) is 13.1. The Bertz CT molecular complexity index is 473. The van der Waals surface area contributed by atoms with E-state index in [2.05, 4.69) is 12.1 Å². The van der Waals surface area contributed by atoms with Gasteiger partial charge in [-0.3, -0.25) is 0 Å². The van der Waals surface area contributed by atoms with Gasteiger partial charge in [0.05, 0.1) is 12.7 Å². The maximum absolute atomic E-state index is 10.9. The van der Waals surface area contributed by atoms with Crippen molar-refractivity contribution in [2.75, 3.05) is 13.2 Å². The number of ether oxygens (including phenoxy) is 1. The summed E-state index contributed by atoms with van der Waals surface area (Å²) in [4.78, 5) is 0. The van der Waals surface area contributed by atoms with Gasteiger partial charge in [0.1, 0.15) is 11.0 Å². The third-order valence-corrected chi connectivity index (χ3v) is 3.95. The van der Waals surface area contributed by atoms with E-state index in [-0.39, 0.29) is 0 Å². The van der Waals surface area contributed by atoms with E-state index in [9.17, 15) is 10.4 Å². The number of aryl methyl sites for hydroxylation is 2. The highest BCUT2D eigenvalue weighted by atomic mass is 16.5. The average Bonchev–Trinajstić information content (AvgIpc) is 2.77. The number of nitriles is 1. The molecule has 0 aromatic heterocycles. The zero-order chi connectivity index (χ0) is 13.4. The molecule has 3 nitrogen and oxygen atoms in total. The van der Waals surface area contributed by atoms with E-state index in [1.165, 1.54) is 0 Å². The molecular weight excluding hydrogens is 226 g/mol. The minimum absolute atomic E-state index is 0.295. The van der Waals surface area contributed by atoms with Crippen molar-refractivity contribution in [3.8, 4) is 6.07 Å². The topological polar surface area (TPSA) is 53.2 Å². The molecule has 2 unspecified atom stereocenters. The van der Waals surface area contributed by atoms with Crippen molar-refractivity contribution in [3.63, 3.8) is 0 Å². The summed E-state index contributed by atoms with van der Waals surface area (Å²) in [5.74, 6) is 0. The lowest BCUT2D eigenvalue weighted by atomic mass is 9.69. The number of aliphatic hydroxyl groups is 1. The lowest BCUT2D eigenvalue weighted by Crippen LogP contribution is -2.43. The van der Waals surface area contributed by atoms with Crippen LogP contribution in [0.1, 0.15) is 30.0 Å². The molecule has 1 N–H and O–H groups in total. The van der Waals surface area contributed by atoms with E-state index < -0.39 is 11.0 Å². The molecule has 96 valence electrons. The van der Waals surface area contributed by atoms with Gasteiger partial charge in [0.15, 0.2) is 0 Å². The summed E-state index contributed by atoms with van der Waals surface area (Å²) in [5, 5.41) is 20.3. The second-order valence-electron chi connectivity index (χ2n) is 5.45. The van der Waals surface area contributed by atoms with Crippen LogP contribution in [0.4, 0.5) is 0 Å². The van der Waals surface area contributed by atoms with E-state index in [4.69, 9.17) is 4.74 Å². The Balaban J connectivity index is 2.50. The number of benzene rings is 1. The molecule has 1 aromatic rings. The van der Waals surface area contributed by atoms with E-state index in [0.29, 0.717) is 19.6 Å².